The molecule has 1 aliphatic rings. The van der Waals surface area contributed by atoms with Crippen LogP contribution in [0.4, 0.5) is 4.79 Å². The van der Waals surface area contributed by atoms with Crippen molar-refractivity contribution in [2.24, 2.45) is 5.73 Å². The van der Waals surface area contributed by atoms with Crippen LogP contribution in [0.15, 0.2) is 24.3 Å². The van der Waals surface area contributed by atoms with Gasteiger partial charge in [0.25, 0.3) is 0 Å². The van der Waals surface area contributed by atoms with E-state index in [-0.39, 0.29) is 6.03 Å². The van der Waals surface area contributed by atoms with Crippen LogP contribution in [0.5, 0.6) is 0 Å². The first-order valence-electron chi connectivity index (χ1n) is 5.60. The molecule has 2 amide bonds. The molecule has 0 unspecified atom stereocenters. The van der Waals surface area contributed by atoms with Crippen LogP contribution in [0, 0.1) is 0 Å². The third-order valence-corrected chi connectivity index (χ3v) is 2.80. The number of nitrogens with one attached hydrogen (secondary N) is 1. The molecule has 2 rings (SSSR count). The van der Waals surface area contributed by atoms with Gasteiger partial charge in [-0.05, 0) is 17.5 Å². The van der Waals surface area contributed by atoms with E-state index < -0.39 is 0 Å². The lowest BCUT2D eigenvalue weighted by Crippen LogP contribution is -2.45. The van der Waals surface area contributed by atoms with Gasteiger partial charge in [-0.3, -0.25) is 0 Å². The molecule has 86 valence electrons. The summed E-state index contributed by atoms with van der Waals surface area (Å²) in [6, 6.07) is 8.12. The van der Waals surface area contributed by atoms with Crippen LogP contribution >= 0.6 is 0 Å². The molecule has 0 bridgehead atoms. The summed E-state index contributed by atoms with van der Waals surface area (Å²) in [5.74, 6) is 0. The Bertz CT molecular complexity index is 361. The number of benzene rings is 1. The van der Waals surface area contributed by atoms with Gasteiger partial charge in [0.05, 0.1) is 0 Å². The van der Waals surface area contributed by atoms with Gasteiger partial charge in [0.2, 0.25) is 0 Å². The first kappa shape index (κ1) is 11.0. The number of hydrogen-bond donors (Lipinski definition) is 2. The standard InChI is InChI=1S/C12H17N3O/c13-8-10-2-4-11(5-3-10)9-15-7-1-6-14-12(15)16/h2-5H,1,6-9,13H2,(H,14,16). The van der Waals surface area contributed by atoms with Crippen molar-refractivity contribution in [3.63, 3.8) is 0 Å². The van der Waals surface area contributed by atoms with Crippen molar-refractivity contribution in [1.82, 2.24) is 10.2 Å². The van der Waals surface area contributed by atoms with Gasteiger partial charge in [-0.25, -0.2) is 4.79 Å². The minimum Gasteiger partial charge on any atom is -0.338 e. The quantitative estimate of drug-likeness (QED) is 0.798. The zero-order chi connectivity index (χ0) is 11.4. The number of nitrogens with two attached hydrogens (primary N) is 1. The molecule has 1 saturated heterocycles. The topological polar surface area (TPSA) is 58.4 Å². The van der Waals surface area contributed by atoms with Gasteiger partial charge in [0.15, 0.2) is 0 Å². The molecular formula is C12H17N3O. The molecule has 4 heteroatoms. The second-order valence-electron chi connectivity index (χ2n) is 4.03. The van der Waals surface area contributed by atoms with Gasteiger partial charge in [0.1, 0.15) is 0 Å². The van der Waals surface area contributed by atoms with E-state index in [1.165, 1.54) is 0 Å². The molecule has 0 spiro atoms. The molecular weight excluding hydrogens is 202 g/mol. The van der Waals surface area contributed by atoms with Gasteiger partial charge in [-0.1, -0.05) is 24.3 Å². The summed E-state index contributed by atoms with van der Waals surface area (Å²) in [5, 5.41) is 2.84. The lowest BCUT2D eigenvalue weighted by atomic mass is 10.1. The fourth-order valence-corrected chi connectivity index (χ4v) is 1.83. The van der Waals surface area contributed by atoms with Crippen LogP contribution in [-0.2, 0) is 13.1 Å². The number of carbonyl (C=O) groups is 1. The van der Waals surface area contributed by atoms with Crippen LogP contribution < -0.4 is 11.1 Å². The van der Waals surface area contributed by atoms with Gasteiger partial charge >= 0.3 is 6.03 Å². The van der Waals surface area contributed by atoms with E-state index in [0.29, 0.717) is 13.1 Å². The molecule has 0 aromatic heterocycles. The average Bonchev–Trinajstić information content (AvgIpc) is 2.33. The van der Waals surface area contributed by atoms with Crippen molar-refractivity contribution >= 4 is 6.03 Å². The van der Waals surface area contributed by atoms with Crippen LogP contribution in [0.1, 0.15) is 17.5 Å². The Hall–Kier alpha value is -1.55. The van der Waals surface area contributed by atoms with E-state index >= 15 is 0 Å². The number of hydrogen-bond acceptors (Lipinski definition) is 2. The Morgan fingerprint density at radius 2 is 1.94 bits per heavy atom. The maximum absolute atomic E-state index is 11.5. The van der Waals surface area contributed by atoms with Crippen LogP contribution in [0.2, 0.25) is 0 Å². The molecule has 4 nitrogen and oxygen atoms in total. The fraction of sp³-hybridized carbons (Fsp3) is 0.417. The Labute approximate surface area is 95.4 Å². The molecule has 1 heterocycles. The van der Waals surface area contributed by atoms with Gasteiger partial charge < -0.3 is 16.0 Å². The second kappa shape index (κ2) is 4.99. The molecule has 1 fully saturated rings. The summed E-state index contributed by atoms with van der Waals surface area (Å²) >= 11 is 0. The van der Waals surface area contributed by atoms with Crippen molar-refractivity contribution in [3.8, 4) is 0 Å². The van der Waals surface area contributed by atoms with Crippen LogP contribution in [-0.4, -0.2) is 24.0 Å². The lowest BCUT2D eigenvalue weighted by molar-refractivity contribution is 0.183. The Balaban J connectivity index is 1.99. The minimum atomic E-state index is 0.0363. The highest BCUT2D eigenvalue weighted by Crippen LogP contribution is 2.09. The predicted molar refractivity (Wildman–Crippen MR) is 62.8 cm³/mol. The normalized spacial score (nSPS) is 16.1. The maximum atomic E-state index is 11.5. The van der Waals surface area contributed by atoms with E-state index in [4.69, 9.17) is 5.73 Å². The monoisotopic (exact) mass is 219 g/mol. The zero-order valence-corrected chi connectivity index (χ0v) is 9.28. The number of rotatable bonds is 3. The molecule has 3 N–H and O–H groups in total. The highest BCUT2D eigenvalue weighted by atomic mass is 16.2. The highest BCUT2D eigenvalue weighted by Gasteiger charge is 2.16. The molecule has 1 aromatic rings. The first-order valence-corrected chi connectivity index (χ1v) is 5.60. The van der Waals surface area contributed by atoms with Gasteiger partial charge in [-0.15, -0.1) is 0 Å². The number of urea groups is 1. The molecule has 0 radical (unpaired) electrons. The van der Waals surface area contributed by atoms with E-state index in [9.17, 15) is 4.79 Å². The third kappa shape index (κ3) is 2.52. The summed E-state index contributed by atoms with van der Waals surface area (Å²) < 4.78 is 0. The minimum absolute atomic E-state index is 0.0363. The third-order valence-electron chi connectivity index (χ3n) is 2.80. The number of carbonyl (C=O) groups excluding carboxylic acids is 1. The fourth-order valence-electron chi connectivity index (χ4n) is 1.83. The van der Waals surface area contributed by atoms with Gasteiger partial charge in [0, 0.05) is 26.2 Å². The van der Waals surface area contributed by atoms with E-state index in [0.717, 1.165) is 30.6 Å². The highest BCUT2D eigenvalue weighted by molar-refractivity contribution is 5.74. The van der Waals surface area contributed by atoms with E-state index in [1.807, 2.05) is 29.2 Å². The largest absolute Gasteiger partial charge is 0.338 e. The zero-order valence-electron chi connectivity index (χ0n) is 9.28. The predicted octanol–water partition coefficient (Wildman–Crippen LogP) is 1.06. The number of amides is 2. The molecule has 0 aliphatic carbocycles. The van der Waals surface area contributed by atoms with Crippen molar-refractivity contribution in [2.75, 3.05) is 13.1 Å². The Morgan fingerprint density at radius 1 is 1.25 bits per heavy atom. The SMILES string of the molecule is NCc1ccc(CN2CCCNC2=O)cc1. The second-order valence-corrected chi connectivity index (χ2v) is 4.03. The Morgan fingerprint density at radius 3 is 2.56 bits per heavy atom. The smallest absolute Gasteiger partial charge is 0.317 e. The maximum Gasteiger partial charge on any atom is 0.317 e. The van der Waals surface area contributed by atoms with Crippen molar-refractivity contribution in [1.29, 1.82) is 0 Å². The van der Waals surface area contributed by atoms with Crippen molar-refractivity contribution < 1.29 is 4.79 Å². The molecule has 1 aliphatic heterocycles. The van der Waals surface area contributed by atoms with Crippen molar-refractivity contribution in [3.05, 3.63) is 35.4 Å². The molecule has 1 aromatic carbocycles. The van der Waals surface area contributed by atoms with Crippen LogP contribution in [0.3, 0.4) is 0 Å². The Kier molecular flexibility index (Phi) is 3.41. The molecule has 16 heavy (non-hydrogen) atoms. The summed E-state index contributed by atoms with van der Waals surface area (Å²) in [5.41, 5.74) is 7.80. The summed E-state index contributed by atoms with van der Waals surface area (Å²) in [7, 11) is 0. The first-order chi connectivity index (χ1) is 7.79. The summed E-state index contributed by atoms with van der Waals surface area (Å²) in [6.07, 6.45) is 1.02. The average molecular weight is 219 g/mol. The summed E-state index contributed by atoms with van der Waals surface area (Å²) in [4.78, 5) is 13.4. The molecule has 0 saturated carbocycles. The van der Waals surface area contributed by atoms with Crippen molar-refractivity contribution in [2.45, 2.75) is 19.5 Å². The lowest BCUT2D eigenvalue weighted by Gasteiger charge is -2.27. The van der Waals surface area contributed by atoms with Crippen LogP contribution in [0.25, 0.3) is 0 Å². The summed E-state index contributed by atoms with van der Waals surface area (Å²) in [6.45, 7) is 2.87. The van der Waals surface area contributed by atoms with E-state index in [2.05, 4.69) is 5.32 Å². The number of nitrogens with zero attached hydrogens (tertiary/aromatic N) is 1. The molecule has 0 atom stereocenters. The van der Waals surface area contributed by atoms with Gasteiger partial charge in [-0.2, -0.15) is 0 Å². The van der Waals surface area contributed by atoms with E-state index in [1.54, 1.807) is 0 Å².